The van der Waals surface area contributed by atoms with Gasteiger partial charge >= 0.3 is 6.09 Å². The molecule has 2 N–H and O–H groups in total. The number of benzene rings is 2. The molecule has 0 aromatic heterocycles. The summed E-state index contributed by atoms with van der Waals surface area (Å²) in [5.74, 6) is -0.723. The molecule has 0 saturated carbocycles. The Labute approximate surface area is 269 Å². The van der Waals surface area contributed by atoms with Crippen LogP contribution in [0.1, 0.15) is 58.6 Å². The third-order valence-electron chi connectivity index (χ3n) is 7.89. The lowest BCUT2D eigenvalue weighted by atomic mass is 9.73. The number of alkyl carbamates (subject to hydrolysis) is 1. The zero-order chi connectivity index (χ0) is 33.7. The minimum absolute atomic E-state index is 0.0445. The number of hydrogen-bond acceptors (Lipinski definition) is 8. The van der Waals surface area contributed by atoms with Crippen molar-refractivity contribution in [2.75, 3.05) is 26.7 Å². The predicted octanol–water partition coefficient (Wildman–Crippen LogP) is 3.40. The number of hydrazone groups is 1. The van der Waals surface area contributed by atoms with Crippen LogP contribution in [0.3, 0.4) is 0 Å². The van der Waals surface area contributed by atoms with Crippen molar-refractivity contribution in [3.8, 4) is 11.8 Å². The summed E-state index contributed by atoms with van der Waals surface area (Å²) in [4.78, 5) is 55.5. The number of hydrogen-bond donors (Lipinski definition) is 2. The largest absolute Gasteiger partial charge is 0.493 e. The second-order valence-corrected chi connectivity index (χ2v) is 13.2. The Bertz CT molecular complexity index is 1540. The van der Waals surface area contributed by atoms with Gasteiger partial charge in [0.2, 0.25) is 11.8 Å². The van der Waals surface area contributed by atoms with Crippen LogP contribution < -0.4 is 15.4 Å². The lowest BCUT2D eigenvalue weighted by Gasteiger charge is -2.41. The summed E-state index contributed by atoms with van der Waals surface area (Å²) in [5, 5.41) is 20.5. The molecule has 12 heteroatoms. The molecule has 0 radical (unpaired) electrons. The zero-order valence-electron chi connectivity index (χ0n) is 27.3. The molecule has 2 aromatic carbocycles. The monoisotopic (exact) mass is 630 g/mol. The van der Waals surface area contributed by atoms with E-state index in [0.717, 1.165) is 11.3 Å². The Hall–Kier alpha value is -4.92. The number of likely N-dealkylation sites (tertiary alicyclic amines) is 1. The lowest BCUT2D eigenvalue weighted by molar-refractivity contribution is -0.142. The average molecular weight is 631 g/mol. The first-order chi connectivity index (χ1) is 21.6. The highest BCUT2D eigenvalue weighted by Gasteiger charge is 2.54. The Morgan fingerprint density at radius 1 is 1.09 bits per heavy atom. The fraction of sp³-hybridized carbons (Fsp3) is 0.471. The molecule has 12 nitrogen and oxygen atoms in total. The van der Waals surface area contributed by atoms with Crippen molar-refractivity contribution in [2.24, 2.45) is 10.5 Å². The van der Waals surface area contributed by atoms with Crippen molar-refractivity contribution in [2.45, 2.75) is 71.1 Å². The number of nitrogens with zero attached hydrogens (tertiary/aromatic N) is 4. The zero-order valence-corrected chi connectivity index (χ0v) is 27.3. The van der Waals surface area contributed by atoms with Gasteiger partial charge in [-0.05, 0) is 64.8 Å². The second kappa shape index (κ2) is 13.6. The van der Waals surface area contributed by atoms with E-state index in [-0.39, 0.29) is 31.4 Å². The average Bonchev–Trinajstić information content (AvgIpc) is 3.23. The van der Waals surface area contributed by atoms with E-state index in [2.05, 4.69) is 21.8 Å². The molecule has 1 saturated heterocycles. The van der Waals surface area contributed by atoms with E-state index >= 15 is 0 Å². The number of carbonyl (C=O) groups is 4. The smallest absolute Gasteiger partial charge is 0.408 e. The third kappa shape index (κ3) is 8.02. The standard InChI is InChI=1S/C34H42N6O6/c1-32(2,3)46-31(44)37-33(4,5)29(42)36-26(16-18-45-25-14-10-13-24(19-25)21-35)28(41)40-17-15-27-34(22-40,30(43)39(6)38-27)20-23-11-8-7-9-12-23/h7-14,19,26H,15-18,20,22H2,1-6H3,(H,36,42)(H,37,44)/t26?,34-/m1/s1. The normalized spacial score (nSPS) is 18.5. The van der Waals surface area contributed by atoms with E-state index in [0.29, 0.717) is 30.7 Å². The lowest BCUT2D eigenvalue weighted by Crippen LogP contribution is -2.62. The summed E-state index contributed by atoms with van der Waals surface area (Å²) in [6.45, 7) is 8.63. The molecule has 2 aromatic rings. The Kier molecular flexibility index (Phi) is 10.0. The molecular formula is C34H42N6O6. The van der Waals surface area contributed by atoms with Gasteiger partial charge in [-0.15, -0.1) is 0 Å². The van der Waals surface area contributed by atoms with Gasteiger partial charge in [0.25, 0.3) is 5.91 Å². The Morgan fingerprint density at radius 3 is 2.48 bits per heavy atom. The fourth-order valence-electron chi connectivity index (χ4n) is 5.60. The number of piperidine rings is 1. The maximum Gasteiger partial charge on any atom is 0.408 e. The van der Waals surface area contributed by atoms with Gasteiger partial charge in [-0.25, -0.2) is 9.80 Å². The van der Waals surface area contributed by atoms with Gasteiger partial charge in [-0.2, -0.15) is 10.4 Å². The highest BCUT2D eigenvalue weighted by atomic mass is 16.6. The van der Waals surface area contributed by atoms with Crippen LogP contribution in [0.5, 0.6) is 5.75 Å². The van der Waals surface area contributed by atoms with E-state index in [9.17, 15) is 24.4 Å². The summed E-state index contributed by atoms with van der Waals surface area (Å²) in [7, 11) is 1.62. The van der Waals surface area contributed by atoms with Crippen LogP contribution in [0.2, 0.25) is 0 Å². The molecule has 46 heavy (non-hydrogen) atoms. The van der Waals surface area contributed by atoms with Gasteiger partial charge in [-0.1, -0.05) is 36.4 Å². The molecule has 2 aliphatic heterocycles. The van der Waals surface area contributed by atoms with Crippen LogP contribution in [-0.2, 0) is 25.5 Å². The van der Waals surface area contributed by atoms with Gasteiger partial charge in [-0.3, -0.25) is 14.4 Å². The van der Waals surface area contributed by atoms with Gasteiger partial charge in [0.05, 0.1) is 24.0 Å². The minimum Gasteiger partial charge on any atom is -0.493 e. The highest BCUT2D eigenvalue weighted by molar-refractivity contribution is 6.13. The number of nitrogens with one attached hydrogen (secondary N) is 2. The molecule has 2 heterocycles. The van der Waals surface area contributed by atoms with Crippen molar-refractivity contribution in [1.82, 2.24) is 20.5 Å². The van der Waals surface area contributed by atoms with Gasteiger partial charge in [0.1, 0.15) is 28.3 Å². The maximum absolute atomic E-state index is 14.2. The van der Waals surface area contributed by atoms with E-state index in [1.54, 1.807) is 57.0 Å². The predicted molar refractivity (Wildman–Crippen MR) is 171 cm³/mol. The van der Waals surface area contributed by atoms with Crippen LogP contribution in [0, 0.1) is 16.7 Å². The first kappa shape index (κ1) is 34.0. The maximum atomic E-state index is 14.2. The molecule has 1 unspecified atom stereocenters. The molecule has 2 atom stereocenters. The number of ether oxygens (including phenoxy) is 2. The summed E-state index contributed by atoms with van der Waals surface area (Å²) in [6, 6.07) is 17.3. The van der Waals surface area contributed by atoms with E-state index in [1.807, 2.05) is 30.3 Å². The van der Waals surface area contributed by atoms with E-state index < -0.39 is 34.6 Å². The summed E-state index contributed by atoms with van der Waals surface area (Å²) in [5.41, 5.74) is -1.12. The summed E-state index contributed by atoms with van der Waals surface area (Å²) in [6.07, 6.45) is 0.0898. The summed E-state index contributed by atoms with van der Waals surface area (Å²) >= 11 is 0. The van der Waals surface area contributed by atoms with Crippen LogP contribution in [0.15, 0.2) is 59.7 Å². The van der Waals surface area contributed by atoms with Crippen molar-refractivity contribution in [1.29, 1.82) is 5.26 Å². The van der Waals surface area contributed by atoms with Crippen LogP contribution >= 0.6 is 0 Å². The SMILES string of the molecule is CN1N=C2CCN(C(=O)C(CCOc3cccc(C#N)c3)NC(=O)C(C)(C)NC(=O)OC(C)(C)C)C[C@@]2(Cc2ccccc2)C1=O. The van der Waals surface area contributed by atoms with E-state index in [4.69, 9.17) is 9.47 Å². The quantitative estimate of drug-likeness (QED) is 0.408. The summed E-state index contributed by atoms with van der Waals surface area (Å²) < 4.78 is 11.2. The van der Waals surface area contributed by atoms with Gasteiger partial charge in [0, 0.05) is 33.0 Å². The minimum atomic E-state index is -1.43. The van der Waals surface area contributed by atoms with Crippen molar-refractivity contribution >= 4 is 29.5 Å². The molecule has 4 rings (SSSR count). The topological polar surface area (TPSA) is 153 Å². The molecule has 0 bridgehead atoms. The molecule has 1 fully saturated rings. The fourth-order valence-corrected chi connectivity index (χ4v) is 5.60. The number of carbonyl (C=O) groups excluding carboxylic acids is 4. The van der Waals surface area contributed by atoms with Gasteiger partial charge in [0.15, 0.2) is 0 Å². The van der Waals surface area contributed by atoms with Crippen LogP contribution in [0.4, 0.5) is 4.79 Å². The third-order valence-corrected chi connectivity index (χ3v) is 7.89. The first-order valence-electron chi connectivity index (χ1n) is 15.3. The molecule has 0 aliphatic carbocycles. The molecular weight excluding hydrogens is 588 g/mol. The molecule has 4 amide bonds. The molecule has 2 aliphatic rings. The van der Waals surface area contributed by atoms with Crippen molar-refractivity contribution in [3.05, 3.63) is 65.7 Å². The van der Waals surface area contributed by atoms with Crippen LogP contribution in [0.25, 0.3) is 0 Å². The Balaban J connectivity index is 1.56. The highest BCUT2D eigenvalue weighted by Crippen LogP contribution is 2.38. The van der Waals surface area contributed by atoms with E-state index in [1.165, 1.54) is 18.9 Å². The van der Waals surface area contributed by atoms with Crippen LogP contribution in [-0.4, -0.2) is 83.4 Å². The second-order valence-electron chi connectivity index (χ2n) is 13.2. The molecule has 0 spiro atoms. The van der Waals surface area contributed by atoms with Crippen molar-refractivity contribution < 1.29 is 28.7 Å². The Morgan fingerprint density at radius 2 is 1.80 bits per heavy atom. The number of fused-ring (bicyclic) bond motifs is 1. The van der Waals surface area contributed by atoms with Gasteiger partial charge < -0.3 is 25.0 Å². The first-order valence-corrected chi connectivity index (χ1v) is 15.3. The number of rotatable bonds is 10. The molecule has 244 valence electrons. The van der Waals surface area contributed by atoms with Crippen molar-refractivity contribution in [3.63, 3.8) is 0 Å². The number of nitriles is 1. The number of amides is 4.